The van der Waals surface area contributed by atoms with Crippen LogP contribution in [-0.4, -0.2) is 48.0 Å². The fraction of sp³-hybridized carbons (Fsp3) is 0.500. The molecule has 5 nitrogen and oxygen atoms in total. The van der Waals surface area contributed by atoms with Crippen molar-refractivity contribution in [1.82, 2.24) is 9.80 Å². The highest BCUT2D eigenvalue weighted by molar-refractivity contribution is 5.92. The van der Waals surface area contributed by atoms with Crippen molar-refractivity contribution in [3.8, 4) is 5.75 Å². The summed E-state index contributed by atoms with van der Waals surface area (Å²) in [6, 6.07) is 9.98. The molecule has 27 heavy (non-hydrogen) atoms. The fourth-order valence-corrected chi connectivity index (χ4v) is 3.83. The Bertz CT molecular complexity index is 784. The maximum atomic E-state index is 12.8. The molecule has 2 saturated heterocycles. The molecule has 2 aliphatic heterocycles. The SMILES string of the molecule is CCc1oc(C(=O)N2CC(Oc3ccc(C)cc3)C2)cc1CN1CCCC1. The second kappa shape index (κ2) is 7.77. The lowest BCUT2D eigenvalue weighted by Crippen LogP contribution is -2.56. The van der Waals surface area contributed by atoms with Gasteiger partial charge in [-0.3, -0.25) is 9.69 Å². The van der Waals surface area contributed by atoms with Gasteiger partial charge in [-0.15, -0.1) is 0 Å². The predicted octanol–water partition coefficient (Wildman–Crippen LogP) is 3.65. The van der Waals surface area contributed by atoms with Crippen LogP contribution >= 0.6 is 0 Å². The average Bonchev–Trinajstić information content (AvgIpc) is 3.29. The lowest BCUT2D eigenvalue weighted by molar-refractivity contribution is 0.0154. The minimum absolute atomic E-state index is 0.0267. The molecular formula is C22H28N2O3. The van der Waals surface area contributed by atoms with Crippen molar-refractivity contribution in [3.63, 3.8) is 0 Å². The first-order valence-electron chi connectivity index (χ1n) is 9.99. The van der Waals surface area contributed by atoms with Gasteiger partial charge in [0.1, 0.15) is 17.6 Å². The molecular weight excluding hydrogens is 340 g/mol. The molecule has 0 spiro atoms. The van der Waals surface area contributed by atoms with Gasteiger partial charge in [-0.25, -0.2) is 0 Å². The molecule has 0 saturated carbocycles. The van der Waals surface area contributed by atoms with E-state index < -0.39 is 0 Å². The number of carbonyl (C=O) groups is 1. The van der Waals surface area contributed by atoms with Crippen LogP contribution in [0.1, 0.15) is 47.2 Å². The molecule has 0 radical (unpaired) electrons. The number of rotatable bonds is 6. The van der Waals surface area contributed by atoms with E-state index in [9.17, 15) is 4.79 Å². The Hall–Kier alpha value is -2.27. The second-order valence-corrected chi connectivity index (χ2v) is 7.66. The molecule has 4 rings (SSSR count). The van der Waals surface area contributed by atoms with E-state index in [2.05, 4.69) is 18.7 Å². The minimum atomic E-state index is -0.0267. The van der Waals surface area contributed by atoms with Crippen LogP contribution in [0.4, 0.5) is 0 Å². The molecule has 5 heteroatoms. The van der Waals surface area contributed by atoms with Crippen LogP contribution in [-0.2, 0) is 13.0 Å². The smallest absolute Gasteiger partial charge is 0.289 e. The molecule has 2 fully saturated rings. The molecule has 3 heterocycles. The van der Waals surface area contributed by atoms with Crippen molar-refractivity contribution in [1.29, 1.82) is 0 Å². The van der Waals surface area contributed by atoms with E-state index in [4.69, 9.17) is 9.15 Å². The Morgan fingerprint density at radius 3 is 2.56 bits per heavy atom. The predicted molar refractivity (Wildman–Crippen MR) is 104 cm³/mol. The Kier molecular flexibility index (Phi) is 5.21. The van der Waals surface area contributed by atoms with Crippen LogP contribution in [0.25, 0.3) is 0 Å². The Balaban J connectivity index is 1.34. The molecule has 0 atom stereocenters. The Labute approximate surface area is 160 Å². The zero-order chi connectivity index (χ0) is 18.8. The monoisotopic (exact) mass is 368 g/mol. The van der Waals surface area contributed by atoms with Crippen molar-refractivity contribution in [2.24, 2.45) is 0 Å². The Morgan fingerprint density at radius 2 is 1.89 bits per heavy atom. The van der Waals surface area contributed by atoms with E-state index in [1.54, 1.807) is 4.90 Å². The summed E-state index contributed by atoms with van der Waals surface area (Å²) in [4.78, 5) is 17.0. The molecule has 1 aromatic carbocycles. The average molecular weight is 368 g/mol. The highest BCUT2D eigenvalue weighted by Crippen LogP contribution is 2.24. The number of nitrogens with zero attached hydrogens (tertiary/aromatic N) is 2. The van der Waals surface area contributed by atoms with Gasteiger partial charge in [0.2, 0.25) is 0 Å². The fourth-order valence-electron chi connectivity index (χ4n) is 3.83. The molecule has 1 aromatic heterocycles. The van der Waals surface area contributed by atoms with Crippen molar-refractivity contribution in [3.05, 3.63) is 53.0 Å². The van der Waals surface area contributed by atoms with Gasteiger partial charge in [-0.1, -0.05) is 24.6 Å². The topological polar surface area (TPSA) is 45.9 Å². The number of hydrogen-bond donors (Lipinski definition) is 0. The molecule has 144 valence electrons. The summed E-state index contributed by atoms with van der Waals surface area (Å²) < 4.78 is 11.8. The molecule has 0 aliphatic carbocycles. The van der Waals surface area contributed by atoms with Crippen LogP contribution < -0.4 is 4.74 Å². The lowest BCUT2D eigenvalue weighted by atomic mass is 10.1. The number of amides is 1. The summed E-state index contributed by atoms with van der Waals surface area (Å²) in [6.45, 7) is 8.52. The number of benzene rings is 1. The van der Waals surface area contributed by atoms with Gasteiger partial charge in [0.25, 0.3) is 5.91 Å². The van der Waals surface area contributed by atoms with Crippen molar-refractivity contribution in [2.75, 3.05) is 26.2 Å². The maximum Gasteiger partial charge on any atom is 0.289 e. The van der Waals surface area contributed by atoms with E-state index in [1.807, 2.05) is 30.3 Å². The van der Waals surface area contributed by atoms with Gasteiger partial charge >= 0.3 is 0 Å². The van der Waals surface area contributed by atoms with Crippen LogP contribution in [0.3, 0.4) is 0 Å². The number of ether oxygens (including phenoxy) is 1. The minimum Gasteiger partial charge on any atom is -0.487 e. The normalized spacial score (nSPS) is 17.9. The summed E-state index contributed by atoms with van der Waals surface area (Å²) in [5.74, 6) is 2.24. The van der Waals surface area contributed by atoms with Crippen LogP contribution in [0, 0.1) is 6.92 Å². The molecule has 0 bridgehead atoms. The first kappa shape index (κ1) is 18.1. The van der Waals surface area contributed by atoms with Crippen molar-refractivity contribution in [2.45, 2.75) is 45.8 Å². The zero-order valence-corrected chi connectivity index (χ0v) is 16.2. The summed E-state index contributed by atoms with van der Waals surface area (Å²) in [5.41, 5.74) is 2.37. The van der Waals surface area contributed by atoms with E-state index in [0.717, 1.165) is 43.1 Å². The van der Waals surface area contributed by atoms with Gasteiger partial charge in [-0.05, 0) is 51.1 Å². The summed E-state index contributed by atoms with van der Waals surface area (Å²) in [5, 5.41) is 0. The maximum absolute atomic E-state index is 12.8. The molecule has 0 unspecified atom stereocenters. The lowest BCUT2D eigenvalue weighted by Gasteiger charge is -2.38. The van der Waals surface area contributed by atoms with Gasteiger partial charge in [0.15, 0.2) is 5.76 Å². The number of hydrogen-bond acceptors (Lipinski definition) is 4. The third-order valence-corrected chi connectivity index (χ3v) is 5.48. The highest BCUT2D eigenvalue weighted by Gasteiger charge is 2.34. The summed E-state index contributed by atoms with van der Waals surface area (Å²) in [6.07, 6.45) is 3.40. The standard InChI is InChI=1S/C22H28N2O3/c1-3-20-17(13-23-10-4-5-11-23)12-21(27-20)22(25)24-14-19(15-24)26-18-8-6-16(2)7-9-18/h6-9,12,19H,3-5,10-11,13-15H2,1-2H3. The zero-order valence-electron chi connectivity index (χ0n) is 16.2. The van der Waals surface area contributed by atoms with E-state index in [1.165, 1.54) is 18.4 Å². The van der Waals surface area contributed by atoms with Gasteiger partial charge in [-0.2, -0.15) is 0 Å². The van der Waals surface area contributed by atoms with Gasteiger partial charge < -0.3 is 14.1 Å². The van der Waals surface area contributed by atoms with Gasteiger partial charge in [0, 0.05) is 18.5 Å². The van der Waals surface area contributed by atoms with E-state index >= 15 is 0 Å². The Morgan fingerprint density at radius 1 is 1.19 bits per heavy atom. The summed E-state index contributed by atoms with van der Waals surface area (Å²) in [7, 11) is 0. The number of aryl methyl sites for hydroxylation is 2. The third-order valence-electron chi connectivity index (χ3n) is 5.48. The van der Waals surface area contributed by atoms with Crippen molar-refractivity contribution >= 4 is 5.91 Å². The molecule has 1 amide bonds. The van der Waals surface area contributed by atoms with Crippen molar-refractivity contribution < 1.29 is 13.9 Å². The van der Waals surface area contributed by atoms with E-state index in [-0.39, 0.29) is 12.0 Å². The molecule has 2 aromatic rings. The first-order valence-corrected chi connectivity index (χ1v) is 9.99. The molecule has 2 aliphatic rings. The van der Waals surface area contributed by atoms with E-state index in [0.29, 0.717) is 18.8 Å². The van der Waals surface area contributed by atoms with Crippen LogP contribution in [0.15, 0.2) is 34.7 Å². The number of carbonyl (C=O) groups excluding carboxylic acids is 1. The first-order chi connectivity index (χ1) is 13.1. The summed E-state index contributed by atoms with van der Waals surface area (Å²) >= 11 is 0. The van der Waals surface area contributed by atoms with Crippen LogP contribution in [0.2, 0.25) is 0 Å². The second-order valence-electron chi connectivity index (χ2n) is 7.66. The highest BCUT2D eigenvalue weighted by atomic mass is 16.5. The number of furan rings is 1. The number of likely N-dealkylation sites (tertiary alicyclic amines) is 2. The quantitative estimate of drug-likeness (QED) is 0.781. The molecule has 0 N–H and O–H groups in total. The van der Waals surface area contributed by atoms with Crippen LogP contribution in [0.5, 0.6) is 5.75 Å². The van der Waals surface area contributed by atoms with Gasteiger partial charge in [0.05, 0.1) is 13.1 Å². The largest absolute Gasteiger partial charge is 0.487 e. The third kappa shape index (κ3) is 4.03.